The van der Waals surface area contributed by atoms with Gasteiger partial charge in [-0.05, 0) is 0 Å². The summed E-state index contributed by atoms with van der Waals surface area (Å²) in [7, 11) is 0. The van der Waals surface area contributed by atoms with Crippen LogP contribution in [0.4, 0.5) is 0 Å². The molecular formula is H3O9V3. The third-order valence-corrected chi connectivity index (χ3v) is 10.5. The Balaban J connectivity index is 3.05. The van der Waals surface area contributed by atoms with Crippen LogP contribution in [-0.2, 0) is 63.9 Å². The molecule has 0 unspecified atom stereocenters. The average Bonchev–Trinajstić information content (AvgIpc) is 1.44. The molecule has 1 heterocycles. The second-order valence-electron chi connectivity index (χ2n) is 1.65. The van der Waals surface area contributed by atoms with Crippen LogP contribution in [-0.4, -0.2) is 12.1 Å². The third-order valence-electron chi connectivity index (χ3n) is 0.619. The molecule has 1 rings (SSSR count). The summed E-state index contributed by atoms with van der Waals surface area (Å²) in [5.41, 5.74) is 0. The van der Waals surface area contributed by atoms with E-state index in [1.807, 2.05) is 0 Å². The van der Waals surface area contributed by atoms with Gasteiger partial charge in [0.15, 0.2) is 0 Å². The van der Waals surface area contributed by atoms with Crippen molar-refractivity contribution in [2.75, 3.05) is 0 Å². The molecule has 72 valence electrons. The second kappa shape index (κ2) is 2.95. The Labute approximate surface area is 75.7 Å². The van der Waals surface area contributed by atoms with Gasteiger partial charge in [0, 0.05) is 0 Å². The van der Waals surface area contributed by atoms with Gasteiger partial charge in [0.2, 0.25) is 0 Å². The van der Waals surface area contributed by atoms with E-state index in [4.69, 9.17) is 12.1 Å². The van der Waals surface area contributed by atoms with Crippen molar-refractivity contribution >= 4 is 0 Å². The molecule has 12 heavy (non-hydrogen) atoms. The fourth-order valence-corrected chi connectivity index (χ4v) is 9.78. The summed E-state index contributed by atoms with van der Waals surface area (Å²) in [6.45, 7) is 0. The van der Waals surface area contributed by atoms with Crippen molar-refractivity contribution in [3.05, 3.63) is 0 Å². The van der Waals surface area contributed by atoms with Crippen molar-refractivity contribution in [3.8, 4) is 0 Å². The van der Waals surface area contributed by atoms with Crippen molar-refractivity contribution in [1.29, 1.82) is 0 Å². The van der Waals surface area contributed by atoms with Gasteiger partial charge in [-0.25, -0.2) is 0 Å². The topological polar surface area (TPSA) is 140 Å². The molecule has 1 aliphatic heterocycles. The first-order valence-corrected chi connectivity index (χ1v) is 9.25. The first-order valence-electron chi connectivity index (χ1n) is 2.24. The standard InChI is InChI=1S/3H2O.6O.3V/h3*1H2;;;;;;;;;/q;;;;;;;;;3*+1/p-3. The summed E-state index contributed by atoms with van der Waals surface area (Å²) in [6, 6.07) is 0. The first-order chi connectivity index (χ1) is 5.12. The zero-order valence-electron chi connectivity index (χ0n) is 5.13. The van der Waals surface area contributed by atoms with Crippen LogP contribution in [0.2, 0.25) is 0 Å². The summed E-state index contributed by atoms with van der Waals surface area (Å²) >= 11 is -16.6. The predicted octanol–water partition coefficient (Wildman–Crippen LogP) is -2.24. The fourth-order valence-electron chi connectivity index (χ4n) is 0.436. The van der Waals surface area contributed by atoms with Crippen molar-refractivity contribution in [2.24, 2.45) is 0 Å². The Bertz CT molecular complexity index is 254. The van der Waals surface area contributed by atoms with Gasteiger partial charge in [-0.1, -0.05) is 0 Å². The Kier molecular flexibility index (Phi) is 2.71. The molecule has 12 heteroatoms. The summed E-state index contributed by atoms with van der Waals surface area (Å²) in [4.78, 5) is 0. The van der Waals surface area contributed by atoms with E-state index in [1.54, 1.807) is 0 Å². The maximum atomic E-state index is 10.5. The molecule has 1 fully saturated rings. The van der Waals surface area contributed by atoms with Crippen molar-refractivity contribution in [1.82, 2.24) is 0 Å². The quantitative estimate of drug-likeness (QED) is 0.453. The van der Waals surface area contributed by atoms with Gasteiger partial charge in [-0.2, -0.15) is 0 Å². The molecule has 0 bridgehead atoms. The molecule has 0 saturated carbocycles. The van der Waals surface area contributed by atoms with Crippen molar-refractivity contribution < 1.29 is 76.0 Å². The van der Waals surface area contributed by atoms with Gasteiger partial charge in [-0.3, -0.25) is 0 Å². The van der Waals surface area contributed by atoms with Crippen LogP contribution in [0.25, 0.3) is 0 Å². The Morgan fingerprint density at radius 1 is 0.667 bits per heavy atom. The molecule has 0 atom stereocenters. The molecule has 1 saturated heterocycles. The minimum atomic E-state index is -5.54. The molecule has 3 N–H and O–H groups in total. The molecular weight excluding hydrogens is 297 g/mol. The van der Waals surface area contributed by atoms with E-state index in [1.165, 1.54) is 0 Å². The number of hydrogen-bond acceptors (Lipinski definition) is 6. The van der Waals surface area contributed by atoms with Gasteiger partial charge in [0.25, 0.3) is 0 Å². The van der Waals surface area contributed by atoms with Crippen molar-refractivity contribution in [2.45, 2.75) is 0 Å². The zero-order chi connectivity index (χ0) is 9.62. The van der Waals surface area contributed by atoms with Crippen LogP contribution < -0.4 is 0 Å². The molecule has 0 aromatic carbocycles. The van der Waals surface area contributed by atoms with Gasteiger partial charge < -0.3 is 0 Å². The van der Waals surface area contributed by atoms with Crippen LogP contribution >= 0.6 is 0 Å². The second-order valence-corrected chi connectivity index (χ2v) is 9.96. The summed E-state index contributed by atoms with van der Waals surface area (Å²) < 4.78 is 67.8. The summed E-state index contributed by atoms with van der Waals surface area (Å²) in [6.07, 6.45) is 0. The summed E-state index contributed by atoms with van der Waals surface area (Å²) in [5, 5.41) is 0. The van der Waals surface area contributed by atoms with Gasteiger partial charge in [0.05, 0.1) is 0 Å². The van der Waals surface area contributed by atoms with Crippen LogP contribution in [0.15, 0.2) is 0 Å². The summed E-state index contributed by atoms with van der Waals surface area (Å²) in [5.74, 6) is 0. The van der Waals surface area contributed by atoms with Crippen LogP contribution in [0.3, 0.4) is 0 Å². The van der Waals surface area contributed by atoms with Crippen LogP contribution in [0, 0.1) is 0 Å². The molecule has 0 aromatic rings. The normalized spacial score (nSPS) is 55.2. The predicted molar refractivity (Wildman–Crippen MR) is 12.0 cm³/mol. The van der Waals surface area contributed by atoms with Crippen molar-refractivity contribution in [3.63, 3.8) is 0 Å². The number of hydrogen-bond donors (Lipinski definition) is 3. The zero-order valence-corrected chi connectivity index (χ0v) is 9.32. The SMILES string of the molecule is [O]=[V]1([OH])[O][V](=[O])([OH])[O][V](=[O])([OH])[O]1. The fraction of sp³-hybridized carbons (Fsp3) is 0. The molecule has 1 aliphatic rings. The van der Waals surface area contributed by atoms with Crippen LogP contribution in [0.1, 0.15) is 0 Å². The monoisotopic (exact) mass is 300 g/mol. The van der Waals surface area contributed by atoms with Gasteiger partial charge in [0.1, 0.15) is 0 Å². The maximum absolute atomic E-state index is 10.5. The number of rotatable bonds is 0. The third kappa shape index (κ3) is 3.00. The van der Waals surface area contributed by atoms with E-state index >= 15 is 0 Å². The van der Waals surface area contributed by atoms with E-state index < -0.39 is 45.1 Å². The van der Waals surface area contributed by atoms with E-state index in [9.17, 15) is 11.0 Å². The average molecular weight is 300 g/mol. The Hall–Kier alpha value is 0.913. The first kappa shape index (κ1) is 11.0. The Morgan fingerprint density at radius 3 is 1.00 bits per heavy atom. The van der Waals surface area contributed by atoms with E-state index in [2.05, 4.69) is 7.76 Å². The van der Waals surface area contributed by atoms with E-state index in [-0.39, 0.29) is 0 Å². The molecule has 0 aromatic heterocycles. The molecule has 0 spiro atoms. The van der Waals surface area contributed by atoms with Crippen LogP contribution in [0.5, 0.6) is 0 Å². The minimum absolute atomic E-state index is 3.58. The van der Waals surface area contributed by atoms with E-state index in [0.717, 1.165) is 0 Å². The molecule has 0 aliphatic carbocycles. The van der Waals surface area contributed by atoms with Gasteiger partial charge in [-0.15, -0.1) is 0 Å². The molecule has 0 radical (unpaired) electrons. The molecule has 9 nitrogen and oxygen atoms in total. The Morgan fingerprint density at radius 2 is 0.833 bits per heavy atom. The molecule has 0 amide bonds. The van der Waals surface area contributed by atoms with E-state index in [0.29, 0.717) is 0 Å². The van der Waals surface area contributed by atoms with Gasteiger partial charge >= 0.3 is 76.0 Å².